The highest BCUT2D eigenvalue weighted by Crippen LogP contribution is 2.37. The van der Waals surface area contributed by atoms with Gasteiger partial charge in [-0.1, -0.05) is 17.7 Å². The number of hydrogen-bond acceptors (Lipinski definition) is 5. The molecule has 0 atom stereocenters. The molecule has 1 N–H and O–H groups in total. The van der Waals surface area contributed by atoms with Crippen LogP contribution in [0.25, 0.3) is 6.08 Å². The van der Waals surface area contributed by atoms with Crippen LogP contribution in [-0.4, -0.2) is 41.6 Å². The van der Waals surface area contributed by atoms with E-state index in [0.29, 0.717) is 35.3 Å². The molecule has 26 heavy (non-hydrogen) atoms. The van der Waals surface area contributed by atoms with Crippen molar-refractivity contribution in [3.05, 3.63) is 40.9 Å². The number of amides is 2. The summed E-state index contributed by atoms with van der Waals surface area (Å²) in [5, 5.41) is 2.87. The Morgan fingerprint density at radius 2 is 1.96 bits per heavy atom. The van der Waals surface area contributed by atoms with E-state index in [9.17, 15) is 9.59 Å². The van der Waals surface area contributed by atoms with Gasteiger partial charge >= 0.3 is 0 Å². The van der Waals surface area contributed by atoms with Gasteiger partial charge in [0.15, 0.2) is 16.6 Å². The Morgan fingerprint density at radius 3 is 2.58 bits per heavy atom. The number of benzene rings is 1. The van der Waals surface area contributed by atoms with E-state index in [2.05, 4.69) is 11.9 Å². The Balaban J connectivity index is 2.46. The van der Waals surface area contributed by atoms with E-state index in [-0.39, 0.29) is 17.2 Å². The zero-order chi connectivity index (χ0) is 19.3. The second kappa shape index (κ2) is 8.82. The van der Waals surface area contributed by atoms with Crippen LogP contribution in [0.15, 0.2) is 30.4 Å². The summed E-state index contributed by atoms with van der Waals surface area (Å²) in [6.07, 6.45) is 2.97. The third-order valence-electron chi connectivity index (χ3n) is 3.43. The standard InChI is InChI=1S/C18H19ClN2O4S/c1-4-7-21-17(23)12(16(22)20-18(21)26)8-11-9-13(19)15(25-6-3)14(10-11)24-5-2/h4,8-10H,1,5-7H2,2-3H3,(H,20,22,26)/b12-8+. The summed E-state index contributed by atoms with van der Waals surface area (Å²) in [6.45, 7) is 8.30. The lowest BCUT2D eigenvalue weighted by atomic mass is 10.1. The summed E-state index contributed by atoms with van der Waals surface area (Å²) < 4.78 is 11.1. The highest BCUT2D eigenvalue weighted by molar-refractivity contribution is 7.80. The Kier molecular flexibility index (Phi) is 6.76. The maximum atomic E-state index is 12.6. The number of ether oxygens (including phenoxy) is 2. The molecular formula is C18H19ClN2O4S. The number of carbonyl (C=O) groups is 2. The smallest absolute Gasteiger partial charge is 0.265 e. The van der Waals surface area contributed by atoms with Gasteiger partial charge in [0.25, 0.3) is 11.8 Å². The van der Waals surface area contributed by atoms with Crippen LogP contribution in [0.4, 0.5) is 0 Å². The zero-order valence-corrected chi connectivity index (χ0v) is 16.1. The fraction of sp³-hybridized carbons (Fsp3) is 0.278. The molecule has 2 amide bonds. The first-order chi connectivity index (χ1) is 12.4. The molecule has 1 aromatic carbocycles. The van der Waals surface area contributed by atoms with Crippen LogP contribution in [-0.2, 0) is 9.59 Å². The fourth-order valence-electron chi connectivity index (χ4n) is 2.37. The average Bonchev–Trinajstić information content (AvgIpc) is 2.58. The van der Waals surface area contributed by atoms with Gasteiger partial charge in [-0.15, -0.1) is 6.58 Å². The minimum Gasteiger partial charge on any atom is -0.490 e. The second-order valence-corrected chi connectivity index (χ2v) is 6.01. The van der Waals surface area contributed by atoms with Crippen LogP contribution in [0.3, 0.4) is 0 Å². The number of nitrogens with zero attached hydrogens (tertiary/aromatic N) is 1. The van der Waals surface area contributed by atoms with Gasteiger partial charge in [-0.25, -0.2) is 0 Å². The van der Waals surface area contributed by atoms with Crippen molar-refractivity contribution >= 4 is 46.8 Å². The highest BCUT2D eigenvalue weighted by atomic mass is 35.5. The molecule has 1 aliphatic rings. The molecule has 6 nitrogen and oxygen atoms in total. The van der Waals surface area contributed by atoms with Crippen molar-refractivity contribution in [3.63, 3.8) is 0 Å². The SMILES string of the molecule is C=CCN1C(=O)/C(=C/c2cc(Cl)c(OCC)c(OCC)c2)C(=O)NC1=S. The van der Waals surface area contributed by atoms with Gasteiger partial charge in [-0.2, -0.15) is 0 Å². The van der Waals surface area contributed by atoms with Crippen molar-refractivity contribution in [1.29, 1.82) is 0 Å². The predicted octanol–water partition coefficient (Wildman–Crippen LogP) is 2.95. The Bertz CT molecular complexity index is 792. The molecule has 1 saturated heterocycles. The van der Waals surface area contributed by atoms with Crippen LogP contribution in [0.2, 0.25) is 5.02 Å². The lowest BCUT2D eigenvalue weighted by molar-refractivity contribution is -0.128. The predicted molar refractivity (Wildman–Crippen MR) is 104 cm³/mol. The molecular weight excluding hydrogens is 376 g/mol. The molecule has 1 aliphatic heterocycles. The molecule has 0 spiro atoms. The largest absolute Gasteiger partial charge is 0.490 e. The van der Waals surface area contributed by atoms with Crippen molar-refractivity contribution < 1.29 is 19.1 Å². The zero-order valence-electron chi connectivity index (χ0n) is 14.5. The first-order valence-corrected chi connectivity index (χ1v) is 8.80. The van der Waals surface area contributed by atoms with E-state index in [1.165, 1.54) is 17.1 Å². The van der Waals surface area contributed by atoms with Crippen molar-refractivity contribution in [2.24, 2.45) is 0 Å². The molecule has 2 rings (SSSR count). The fourth-order valence-corrected chi connectivity index (χ4v) is 2.90. The van der Waals surface area contributed by atoms with E-state index >= 15 is 0 Å². The lowest BCUT2D eigenvalue weighted by Gasteiger charge is -2.27. The van der Waals surface area contributed by atoms with E-state index in [4.69, 9.17) is 33.3 Å². The summed E-state index contributed by atoms with van der Waals surface area (Å²) in [6, 6.07) is 3.27. The molecule has 138 valence electrons. The van der Waals surface area contributed by atoms with Crippen LogP contribution >= 0.6 is 23.8 Å². The van der Waals surface area contributed by atoms with Gasteiger partial charge in [0.2, 0.25) is 0 Å². The minimum atomic E-state index is -0.566. The first-order valence-electron chi connectivity index (χ1n) is 8.01. The Labute approximate surface area is 162 Å². The number of hydrogen-bond donors (Lipinski definition) is 1. The van der Waals surface area contributed by atoms with E-state index < -0.39 is 11.8 Å². The number of nitrogens with one attached hydrogen (secondary N) is 1. The van der Waals surface area contributed by atoms with Gasteiger partial charge in [-0.3, -0.25) is 19.8 Å². The van der Waals surface area contributed by atoms with E-state index in [1.54, 1.807) is 12.1 Å². The summed E-state index contributed by atoms with van der Waals surface area (Å²) in [5.41, 5.74) is 0.481. The monoisotopic (exact) mass is 394 g/mol. The van der Waals surface area contributed by atoms with Crippen LogP contribution in [0.5, 0.6) is 11.5 Å². The molecule has 1 aromatic rings. The summed E-state index contributed by atoms with van der Waals surface area (Å²) in [4.78, 5) is 26.0. The highest BCUT2D eigenvalue weighted by Gasteiger charge is 2.32. The second-order valence-electron chi connectivity index (χ2n) is 5.22. The molecule has 0 aromatic heterocycles. The van der Waals surface area contributed by atoms with Crippen LogP contribution in [0, 0.1) is 0 Å². The van der Waals surface area contributed by atoms with Crippen LogP contribution in [0.1, 0.15) is 19.4 Å². The first kappa shape index (κ1) is 19.9. The average molecular weight is 395 g/mol. The van der Waals surface area contributed by atoms with Gasteiger partial charge in [0, 0.05) is 6.54 Å². The van der Waals surface area contributed by atoms with Crippen molar-refractivity contribution in [1.82, 2.24) is 10.2 Å². The summed E-state index contributed by atoms with van der Waals surface area (Å²) in [7, 11) is 0. The molecule has 1 heterocycles. The molecule has 1 fully saturated rings. The van der Waals surface area contributed by atoms with Gasteiger partial charge in [0.1, 0.15) is 5.57 Å². The van der Waals surface area contributed by atoms with Gasteiger partial charge in [-0.05, 0) is 49.8 Å². The number of rotatable bonds is 7. The Morgan fingerprint density at radius 1 is 1.27 bits per heavy atom. The topological polar surface area (TPSA) is 67.9 Å². The third-order valence-corrected chi connectivity index (χ3v) is 4.03. The quantitative estimate of drug-likeness (QED) is 0.333. The normalized spacial score (nSPS) is 15.9. The van der Waals surface area contributed by atoms with Gasteiger partial charge in [0.05, 0.1) is 18.2 Å². The molecule has 8 heteroatoms. The summed E-state index contributed by atoms with van der Waals surface area (Å²) >= 11 is 11.3. The number of thiocarbonyl (C=S) groups is 1. The molecule has 0 unspecified atom stereocenters. The maximum Gasteiger partial charge on any atom is 0.265 e. The van der Waals surface area contributed by atoms with E-state index in [0.717, 1.165) is 0 Å². The Hall–Kier alpha value is -2.38. The van der Waals surface area contributed by atoms with E-state index in [1.807, 2.05) is 13.8 Å². The van der Waals surface area contributed by atoms with Crippen LogP contribution < -0.4 is 14.8 Å². The van der Waals surface area contributed by atoms with Crippen molar-refractivity contribution in [2.75, 3.05) is 19.8 Å². The van der Waals surface area contributed by atoms with Gasteiger partial charge < -0.3 is 9.47 Å². The van der Waals surface area contributed by atoms with Crippen molar-refractivity contribution in [3.8, 4) is 11.5 Å². The molecule has 0 saturated carbocycles. The molecule has 0 radical (unpaired) electrons. The third kappa shape index (κ3) is 4.23. The lowest BCUT2D eigenvalue weighted by Crippen LogP contribution is -2.53. The summed E-state index contributed by atoms with van der Waals surface area (Å²) in [5.74, 6) is -0.201. The number of halogens is 1. The minimum absolute atomic E-state index is 0.0526. The number of carbonyl (C=O) groups excluding carboxylic acids is 2. The van der Waals surface area contributed by atoms with Crippen molar-refractivity contribution in [2.45, 2.75) is 13.8 Å². The maximum absolute atomic E-state index is 12.6. The molecule has 0 bridgehead atoms. The molecule has 0 aliphatic carbocycles.